The first-order valence-corrected chi connectivity index (χ1v) is 7.24. The molecule has 4 heteroatoms. The molecule has 1 fully saturated rings. The van der Waals surface area contributed by atoms with Crippen LogP contribution in [-0.4, -0.2) is 37.6 Å². The van der Waals surface area contributed by atoms with Gasteiger partial charge in [0.2, 0.25) is 5.91 Å². The van der Waals surface area contributed by atoms with Crippen molar-refractivity contribution >= 4 is 5.91 Å². The fourth-order valence-electron chi connectivity index (χ4n) is 2.86. The van der Waals surface area contributed by atoms with Gasteiger partial charge in [0.25, 0.3) is 0 Å². The second kappa shape index (κ2) is 6.75. The van der Waals surface area contributed by atoms with Crippen molar-refractivity contribution in [3.05, 3.63) is 29.8 Å². The van der Waals surface area contributed by atoms with E-state index < -0.39 is 0 Å². The Morgan fingerprint density at radius 1 is 1.40 bits per heavy atom. The van der Waals surface area contributed by atoms with Gasteiger partial charge in [-0.25, -0.2) is 0 Å². The normalized spacial score (nSPS) is 21.8. The van der Waals surface area contributed by atoms with Crippen molar-refractivity contribution in [1.82, 2.24) is 4.90 Å². The number of nitrogens with two attached hydrogens (primary N) is 1. The van der Waals surface area contributed by atoms with E-state index in [2.05, 4.69) is 0 Å². The Hall–Kier alpha value is -1.55. The predicted molar refractivity (Wildman–Crippen MR) is 79.7 cm³/mol. The molecule has 0 bridgehead atoms. The van der Waals surface area contributed by atoms with Crippen LogP contribution in [0.5, 0.6) is 5.75 Å². The number of carbonyl (C=O) groups is 1. The maximum atomic E-state index is 12.3. The zero-order valence-electron chi connectivity index (χ0n) is 12.3. The van der Waals surface area contributed by atoms with Crippen LogP contribution in [0.4, 0.5) is 0 Å². The van der Waals surface area contributed by atoms with Crippen LogP contribution in [-0.2, 0) is 11.2 Å². The van der Waals surface area contributed by atoms with Crippen LogP contribution < -0.4 is 10.5 Å². The number of hydrogen-bond donors (Lipinski definition) is 1. The summed E-state index contributed by atoms with van der Waals surface area (Å²) in [5.41, 5.74) is 7.02. The van der Waals surface area contributed by atoms with Gasteiger partial charge in [-0.05, 0) is 37.3 Å². The number of benzene rings is 1. The Bertz CT molecular complexity index is 462. The van der Waals surface area contributed by atoms with E-state index in [9.17, 15) is 4.79 Å². The number of hydrogen-bond acceptors (Lipinski definition) is 3. The number of carbonyl (C=O) groups excluding carboxylic acids is 1. The molecule has 2 atom stereocenters. The zero-order chi connectivity index (χ0) is 14.5. The molecule has 2 rings (SSSR count). The second-order valence-corrected chi connectivity index (χ2v) is 5.59. The second-order valence-electron chi connectivity index (χ2n) is 5.59. The average Bonchev–Trinajstić information content (AvgIpc) is 2.90. The molecule has 1 aliphatic carbocycles. The van der Waals surface area contributed by atoms with Crippen LogP contribution in [0.3, 0.4) is 0 Å². The van der Waals surface area contributed by atoms with Crippen molar-refractivity contribution in [2.75, 3.05) is 20.7 Å². The number of rotatable bonds is 5. The number of para-hydroxylation sites is 1. The third-order valence-electron chi connectivity index (χ3n) is 4.11. The first kappa shape index (κ1) is 14.9. The molecule has 1 aromatic carbocycles. The molecule has 0 aliphatic heterocycles. The smallest absolute Gasteiger partial charge is 0.225 e. The SMILES string of the molecule is COc1ccccc1CCN(C)C(=O)[C@@H]1CC[C@H](N)C1. The largest absolute Gasteiger partial charge is 0.496 e. The van der Waals surface area contributed by atoms with Crippen molar-refractivity contribution in [3.8, 4) is 5.75 Å². The number of methoxy groups -OCH3 is 1. The van der Waals surface area contributed by atoms with Crippen molar-refractivity contribution in [3.63, 3.8) is 0 Å². The summed E-state index contributed by atoms with van der Waals surface area (Å²) in [7, 11) is 3.55. The Balaban J connectivity index is 1.88. The van der Waals surface area contributed by atoms with Crippen molar-refractivity contribution < 1.29 is 9.53 Å². The number of amides is 1. The van der Waals surface area contributed by atoms with Crippen LogP contribution >= 0.6 is 0 Å². The lowest BCUT2D eigenvalue weighted by Gasteiger charge is -2.21. The topological polar surface area (TPSA) is 55.6 Å². The molecule has 0 radical (unpaired) electrons. The Morgan fingerprint density at radius 2 is 2.15 bits per heavy atom. The zero-order valence-corrected chi connectivity index (χ0v) is 12.3. The number of likely N-dealkylation sites (N-methyl/N-ethyl adjacent to an activating group) is 1. The Morgan fingerprint density at radius 3 is 2.80 bits per heavy atom. The van der Waals surface area contributed by atoms with E-state index in [1.54, 1.807) is 7.11 Å². The minimum Gasteiger partial charge on any atom is -0.496 e. The molecule has 0 unspecified atom stereocenters. The average molecular weight is 276 g/mol. The van der Waals surface area contributed by atoms with Gasteiger partial charge in [-0.2, -0.15) is 0 Å². The summed E-state index contributed by atoms with van der Waals surface area (Å²) < 4.78 is 5.33. The third kappa shape index (κ3) is 3.51. The molecule has 110 valence electrons. The molecular weight excluding hydrogens is 252 g/mol. The lowest BCUT2D eigenvalue weighted by molar-refractivity contribution is -0.134. The van der Waals surface area contributed by atoms with Gasteiger partial charge in [0.05, 0.1) is 7.11 Å². The third-order valence-corrected chi connectivity index (χ3v) is 4.11. The standard InChI is InChI=1S/C16H24N2O2/c1-18(16(19)13-7-8-14(17)11-13)10-9-12-5-3-4-6-15(12)20-2/h3-6,13-14H,7-11,17H2,1-2H3/t13-,14+/m1/s1. The first-order valence-electron chi connectivity index (χ1n) is 7.24. The van der Waals surface area contributed by atoms with E-state index in [0.717, 1.165) is 37.0 Å². The van der Waals surface area contributed by atoms with E-state index in [-0.39, 0.29) is 17.9 Å². The molecule has 0 saturated heterocycles. The summed E-state index contributed by atoms with van der Waals surface area (Å²) in [4.78, 5) is 14.1. The minimum atomic E-state index is 0.118. The molecule has 1 amide bonds. The monoisotopic (exact) mass is 276 g/mol. The molecule has 2 N–H and O–H groups in total. The molecule has 20 heavy (non-hydrogen) atoms. The lowest BCUT2D eigenvalue weighted by Crippen LogP contribution is -2.34. The molecular formula is C16H24N2O2. The van der Waals surface area contributed by atoms with Gasteiger partial charge >= 0.3 is 0 Å². The van der Waals surface area contributed by atoms with Gasteiger partial charge in [-0.15, -0.1) is 0 Å². The highest BCUT2D eigenvalue weighted by molar-refractivity contribution is 5.79. The van der Waals surface area contributed by atoms with E-state index in [0.29, 0.717) is 6.54 Å². The van der Waals surface area contributed by atoms with Gasteiger partial charge in [-0.1, -0.05) is 18.2 Å². The maximum Gasteiger partial charge on any atom is 0.225 e. The first-order chi connectivity index (χ1) is 9.61. The maximum absolute atomic E-state index is 12.3. The highest BCUT2D eigenvalue weighted by Gasteiger charge is 2.29. The van der Waals surface area contributed by atoms with Gasteiger partial charge < -0.3 is 15.4 Å². The molecule has 1 aromatic rings. The van der Waals surface area contributed by atoms with Crippen LogP contribution in [0.2, 0.25) is 0 Å². The summed E-state index contributed by atoms with van der Waals surface area (Å²) in [6, 6.07) is 8.15. The Labute approximate surface area is 120 Å². The van der Waals surface area contributed by atoms with Crippen molar-refractivity contribution in [1.29, 1.82) is 0 Å². The van der Waals surface area contributed by atoms with E-state index in [4.69, 9.17) is 10.5 Å². The van der Waals surface area contributed by atoms with Crippen molar-refractivity contribution in [2.45, 2.75) is 31.7 Å². The van der Waals surface area contributed by atoms with Crippen LogP contribution in [0.1, 0.15) is 24.8 Å². The quantitative estimate of drug-likeness (QED) is 0.892. The predicted octanol–water partition coefficient (Wildman–Crippen LogP) is 1.82. The van der Waals surface area contributed by atoms with Gasteiger partial charge in [0.15, 0.2) is 0 Å². The van der Waals surface area contributed by atoms with Gasteiger partial charge in [0.1, 0.15) is 5.75 Å². The molecule has 1 saturated carbocycles. The summed E-state index contributed by atoms with van der Waals surface area (Å²) in [6.07, 6.45) is 3.54. The highest BCUT2D eigenvalue weighted by Crippen LogP contribution is 2.26. The minimum absolute atomic E-state index is 0.118. The van der Waals surface area contributed by atoms with Crippen LogP contribution in [0.15, 0.2) is 24.3 Å². The lowest BCUT2D eigenvalue weighted by atomic mass is 10.1. The summed E-state index contributed by atoms with van der Waals surface area (Å²) in [5.74, 6) is 1.23. The molecule has 0 spiro atoms. The fourth-order valence-corrected chi connectivity index (χ4v) is 2.86. The van der Waals surface area contributed by atoms with E-state index in [1.807, 2.05) is 36.2 Å². The van der Waals surface area contributed by atoms with Crippen molar-refractivity contribution in [2.24, 2.45) is 11.7 Å². The summed E-state index contributed by atoms with van der Waals surface area (Å²) >= 11 is 0. The highest BCUT2D eigenvalue weighted by atomic mass is 16.5. The fraction of sp³-hybridized carbons (Fsp3) is 0.562. The van der Waals surface area contributed by atoms with Crippen LogP contribution in [0.25, 0.3) is 0 Å². The molecule has 4 nitrogen and oxygen atoms in total. The molecule has 1 aliphatic rings. The molecule has 0 heterocycles. The molecule has 0 aromatic heterocycles. The number of nitrogens with zero attached hydrogens (tertiary/aromatic N) is 1. The van der Waals surface area contributed by atoms with Gasteiger partial charge in [-0.3, -0.25) is 4.79 Å². The summed E-state index contributed by atoms with van der Waals surface area (Å²) in [5, 5.41) is 0. The van der Waals surface area contributed by atoms with E-state index in [1.165, 1.54) is 0 Å². The Kier molecular flexibility index (Phi) is 5.01. The van der Waals surface area contributed by atoms with E-state index >= 15 is 0 Å². The number of ether oxygens (including phenoxy) is 1. The summed E-state index contributed by atoms with van der Waals surface area (Å²) in [6.45, 7) is 0.713. The van der Waals surface area contributed by atoms with Crippen LogP contribution in [0, 0.1) is 5.92 Å². The van der Waals surface area contributed by atoms with Gasteiger partial charge in [0, 0.05) is 25.6 Å².